The summed E-state index contributed by atoms with van der Waals surface area (Å²) in [6, 6.07) is 14.2. The summed E-state index contributed by atoms with van der Waals surface area (Å²) in [6.07, 6.45) is 2.95. The van der Waals surface area contributed by atoms with Gasteiger partial charge in [0, 0.05) is 42.8 Å². The lowest BCUT2D eigenvalue weighted by Gasteiger charge is -2.43. The van der Waals surface area contributed by atoms with Crippen molar-refractivity contribution in [2.45, 2.75) is 38.5 Å². The number of hydrogen-bond donors (Lipinski definition) is 2. The lowest BCUT2D eigenvalue weighted by Crippen LogP contribution is -2.56. The molecule has 1 amide bonds. The average molecular weight is 450 g/mol. The van der Waals surface area contributed by atoms with Crippen molar-refractivity contribution < 1.29 is 19.4 Å². The number of fused-ring (bicyclic) bond motifs is 2. The molecule has 0 aliphatic carbocycles. The van der Waals surface area contributed by atoms with Gasteiger partial charge in [-0.1, -0.05) is 24.3 Å². The number of piperidine rings is 1. The molecule has 2 aromatic carbocycles. The highest BCUT2D eigenvalue weighted by Crippen LogP contribution is 2.34. The van der Waals surface area contributed by atoms with Crippen LogP contribution in [0.15, 0.2) is 48.7 Å². The van der Waals surface area contributed by atoms with Gasteiger partial charge in [0.25, 0.3) is 0 Å². The second-order valence-corrected chi connectivity index (χ2v) is 9.16. The summed E-state index contributed by atoms with van der Waals surface area (Å²) >= 11 is 0. The summed E-state index contributed by atoms with van der Waals surface area (Å²) in [5.74, 6) is 1.12. The van der Waals surface area contributed by atoms with Gasteiger partial charge in [-0.15, -0.1) is 0 Å². The molecular weight excluding hydrogens is 418 g/mol. The number of likely N-dealkylation sites (tertiary alicyclic amines) is 1. The van der Waals surface area contributed by atoms with E-state index in [1.165, 1.54) is 10.9 Å². The van der Waals surface area contributed by atoms with Gasteiger partial charge in [0.1, 0.15) is 0 Å². The lowest BCUT2D eigenvalue weighted by molar-refractivity contribution is -0.147. The molecule has 33 heavy (non-hydrogen) atoms. The van der Waals surface area contributed by atoms with E-state index in [0.717, 1.165) is 35.4 Å². The molecule has 1 saturated heterocycles. The first kappa shape index (κ1) is 21.8. The average Bonchev–Trinajstić information content (AvgIpc) is 3.44. The predicted molar refractivity (Wildman–Crippen MR) is 126 cm³/mol. The third kappa shape index (κ3) is 4.30. The molecule has 7 heteroatoms. The number of nitrogens with one attached hydrogen (secondary N) is 1. The van der Waals surface area contributed by atoms with Crippen molar-refractivity contribution in [3.8, 4) is 11.5 Å². The monoisotopic (exact) mass is 449 g/mol. The normalized spacial score (nSPS) is 21.2. The number of benzene rings is 2. The van der Waals surface area contributed by atoms with Gasteiger partial charge in [-0.3, -0.25) is 9.69 Å². The highest BCUT2D eigenvalue weighted by Gasteiger charge is 2.41. The summed E-state index contributed by atoms with van der Waals surface area (Å²) < 4.78 is 10.9. The molecule has 1 aromatic heterocycles. The van der Waals surface area contributed by atoms with E-state index in [0.29, 0.717) is 19.6 Å². The van der Waals surface area contributed by atoms with E-state index in [1.54, 1.807) is 6.92 Å². The largest absolute Gasteiger partial charge is 0.454 e. The van der Waals surface area contributed by atoms with E-state index in [4.69, 9.17) is 9.47 Å². The van der Waals surface area contributed by atoms with Gasteiger partial charge in [-0.05, 0) is 56.1 Å². The second kappa shape index (κ2) is 9.08. The van der Waals surface area contributed by atoms with Crippen LogP contribution in [-0.2, 0) is 17.8 Å². The van der Waals surface area contributed by atoms with Gasteiger partial charge < -0.3 is 24.5 Å². The van der Waals surface area contributed by atoms with Crippen molar-refractivity contribution in [2.24, 2.45) is 5.92 Å². The molecule has 3 atom stereocenters. The molecule has 174 valence electrons. The van der Waals surface area contributed by atoms with Gasteiger partial charge in [0.15, 0.2) is 11.5 Å². The topological polar surface area (TPSA) is 78.0 Å². The van der Waals surface area contributed by atoms with Crippen molar-refractivity contribution in [2.75, 3.05) is 26.9 Å². The molecule has 0 radical (unpaired) electrons. The molecule has 0 spiro atoms. The highest BCUT2D eigenvalue weighted by atomic mass is 16.7. The SMILES string of the molecule is CC(O)[C@@H]1C(=O)N(CCc2c[nH]c3ccccc23)CC[C@@H]1N(C)Cc1ccc2c(c1)OCO2. The molecule has 7 nitrogen and oxygen atoms in total. The van der Waals surface area contributed by atoms with E-state index < -0.39 is 12.0 Å². The van der Waals surface area contributed by atoms with Crippen LogP contribution in [0.4, 0.5) is 0 Å². The number of aliphatic hydroxyl groups is 1. The predicted octanol–water partition coefficient (Wildman–Crippen LogP) is 3.17. The van der Waals surface area contributed by atoms with Crippen LogP contribution < -0.4 is 9.47 Å². The standard InChI is InChI=1S/C26H31N3O4/c1-17(30)25-22(28(2)15-18-7-8-23-24(13-18)33-16-32-23)10-12-29(26(25)31)11-9-19-14-27-21-6-4-3-5-20(19)21/h3-8,13-14,17,22,25,27,30H,9-12,15-16H2,1-2H3/t17?,22-,25-/m0/s1. The summed E-state index contributed by atoms with van der Waals surface area (Å²) in [5, 5.41) is 11.8. The zero-order valence-corrected chi connectivity index (χ0v) is 19.2. The third-order valence-corrected chi connectivity index (χ3v) is 6.99. The van der Waals surface area contributed by atoms with Gasteiger partial charge in [0.2, 0.25) is 12.7 Å². The molecule has 2 aliphatic heterocycles. The number of amides is 1. The number of aliphatic hydroxyl groups excluding tert-OH is 1. The first-order chi connectivity index (χ1) is 16.0. The molecule has 3 aromatic rings. The van der Waals surface area contributed by atoms with E-state index in [-0.39, 0.29) is 18.7 Å². The summed E-state index contributed by atoms with van der Waals surface area (Å²) in [5.41, 5.74) is 3.43. The Morgan fingerprint density at radius 1 is 1.21 bits per heavy atom. The zero-order valence-electron chi connectivity index (χ0n) is 19.2. The summed E-state index contributed by atoms with van der Waals surface area (Å²) in [4.78, 5) is 20.8. The Morgan fingerprint density at radius 3 is 2.88 bits per heavy atom. The first-order valence-electron chi connectivity index (χ1n) is 11.6. The number of carbonyl (C=O) groups is 1. The van der Waals surface area contributed by atoms with Crippen molar-refractivity contribution in [1.82, 2.24) is 14.8 Å². The summed E-state index contributed by atoms with van der Waals surface area (Å²) in [7, 11) is 2.03. The fraction of sp³-hybridized carbons (Fsp3) is 0.423. The molecular formula is C26H31N3O4. The van der Waals surface area contributed by atoms with Crippen LogP contribution in [0, 0.1) is 5.92 Å². The maximum atomic E-state index is 13.4. The van der Waals surface area contributed by atoms with E-state index in [2.05, 4.69) is 22.0 Å². The minimum absolute atomic E-state index is 0.0211. The van der Waals surface area contributed by atoms with Crippen LogP contribution in [-0.4, -0.2) is 64.9 Å². The van der Waals surface area contributed by atoms with Gasteiger partial charge in [-0.25, -0.2) is 0 Å². The van der Waals surface area contributed by atoms with Crippen LogP contribution >= 0.6 is 0 Å². The smallest absolute Gasteiger partial charge is 0.231 e. The number of hydrogen-bond acceptors (Lipinski definition) is 5. The van der Waals surface area contributed by atoms with E-state index in [9.17, 15) is 9.90 Å². The number of H-pyrrole nitrogens is 1. The Bertz CT molecular complexity index is 1140. The molecule has 1 unspecified atom stereocenters. The molecule has 3 heterocycles. The maximum absolute atomic E-state index is 13.4. The van der Waals surface area contributed by atoms with Crippen molar-refractivity contribution in [3.05, 3.63) is 59.8 Å². The Hall–Kier alpha value is -3.03. The second-order valence-electron chi connectivity index (χ2n) is 9.16. The number of carbonyl (C=O) groups excluding carboxylic acids is 1. The van der Waals surface area contributed by atoms with Crippen LogP contribution in [0.2, 0.25) is 0 Å². The van der Waals surface area contributed by atoms with Gasteiger partial charge in [-0.2, -0.15) is 0 Å². The van der Waals surface area contributed by atoms with Gasteiger partial charge >= 0.3 is 0 Å². The van der Waals surface area contributed by atoms with Crippen LogP contribution in [0.1, 0.15) is 24.5 Å². The first-order valence-corrected chi connectivity index (χ1v) is 11.6. The number of para-hydroxylation sites is 1. The van der Waals surface area contributed by atoms with Crippen molar-refractivity contribution >= 4 is 16.8 Å². The fourth-order valence-electron chi connectivity index (χ4n) is 5.24. The molecule has 0 bridgehead atoms. The highest BCUT2D eigenvalue weighted by molar-refractivity contribution is 5.83. The third-order valence-electron chi connectivity index (χ3n) is 6.99. The summed E-state index contributed by atoms with van der Waals surface area (Å²) in [6.45, 7) is 4.01. The fourth-order valence-corrected chi connectivity index (χ4v) is 5.24. The molecule has 0 saturated carbocycles. The minimum Gasteiger partial charge on any atom is -0.454 e. The van der Waals surface area contributed by atoms with Crippen molar-refractivity contribution in [3.63, 3.8) is 0 Å². The number of rotatable bonds is 7. The molecule has 1 fully saturated rings. The number of aromatic nitrogens is 1. The van der Waals surface area contributed by atoms with Crippen LogP contribution in [0.25, 0.3) is 10.9 Å². The minimum atomic E-state index is -0.711. The van der Waals surface area contributed by atoms with E-state index in [1.807, 2.05) is 48.5 Å². The maximum Gasteiger partial charge on any atom is 0.231 e. The van der Waals surface area contributed by atoms with Crippen LogP contribution in [0.3, 0.4) is 0 Å². The Labute approximate surface area is 193 Å². The van der Waals surface area contributed by atoms with Crippen LogP contribution in [0.5, 0.6) is 11.5 Å². The number of ether oxygens (including phenoxy) is 2. The number of nitrogens with zero attached hydrogens (tertiary/aromatic N) is 2. The van der Waals surface area contributed by atoms with E-state index >= 15 is 0 Å². The Kier molecular flexibility index (Phi) is 6.00. The molecule has 2 N–H and O–H groups in total. The van der Waals surface area contributed by atoms with Gasteiger partial charge in [0.05, 0.1) is 12.0 Å². The lowest BCUT2D eigenvalue weighted by atomic mass is 9.85. The molecule has 2 aliphatic rings. The Balaban J connectivity index is 1.25. The molecule has 5 rings (SSSR count). The van der Waals surface area contributed by atoms with Crippen molar-refractivity contribution in [1.29, 1.82) is 0 Å². The zero-order chi connectivity index (χ0) is 22.9. The Morgan fingerprint density at radius 2 is 2.03 bits per heavy atom. The number of aromatic amines is 1. The quantitative estimate of drug-likeness (QED) is 0.579.